The van der Waals surface area contributed by atoms with E-state index in [1.54, 1.807) is 0 Å². The number of unbranched alkanes of at least 4 members (excludes halogenated alkanes) is 1. The lowest BCUT2D eigenvalue weighted by Crippen LogP contribution is -2.31. The summed E-state index contributed by atoms with van der Waals surface area (Å²) in [5.74, 6) is 0.959. The molecular formula is C14H26N2. The van der Waals surface area contributed by atoms with E-state index in [0.29, 0.717) is 0 Å². The van der Waals surface area contributed by atoms with Crippen molar-refractivity contribution in [2.75, 3.05) is 13.6 Å². The van der Waals surface area contributed by atoms with E-state index in [1.807, 2.05) is 13.8 Å². The minimum Gasteiger partial charge on any atom is -0.303 e. The van der Waals surface area contributed by atoms with Gasteiger partial charge in [-0.15, -0.1) is 0 Å². The van der Waals surface area contributed by atoms with E-state index in [2.05, 4.69) is 24.9 Å². The summed E-state index contributed by atoms with van der Waals surface area (Å²) in [5, 5.41) is 8.91. The summed E-state index contributed by atoms with van der Waals surface area (Å²) < 4.78 is 0. The fourth-order valence-electron chi connectivity index (χ4n) is 2.13. The van der Waals surface area contributed by atoms with Crippen LogP contribution in [0.5, 0.6) is 0 Å². The van der Waals surface area contributed by atoms with Gasteiger partial charge in [-0.05, 0) is 66.0 Å². The van der Waals surface area contributed by atoms with Crippen LogP contribution in [0.1, 0.15) is 52.9 Å². The number of nitrogens with zero attached hydrogens (tertiary/aromatic N) is 2. The molecule has 0 aromatic heterocycles. The molecule has 16 heavy (non-hydrogen) atoms. The van der Waals surface area contributed by atoms with Gasteiger partial charge >= 0.3 is 0 Å². The monoisotopic (exact) mass is 222 g/mol. The Morgan fingerprint density at radius 1 is 1.38 bits per heavy atom. The fraction of sp³-hybridized carbons (Fsp3) is 0.929. The highest BCUT2D eigenvalue weighted by Gasteiger charge is 2.30. The maximum atomic E-state index is 8.91. The molecule has 0 spiro atoms. The molecule has 1 atom stereocenters. The van der Waals surface area contributed by atoms with Gasteiger partial charge in [-0.25, -0.2) is 0 Å². The normalized spacial score (nSPS) is 18.5. The third-order valence-corrected chi connectivity index (χ3v) is 3.86. The SMILES string of the molecule is CC(C1CC1)N(C)CCCCC(C)(C)C#N. The van der Waals surface area contributed by atoms with E-state index in [4.69, 9.17) is 5.26 Å². The Hall–Kier alpha value is -0.550. The van der Waals surface area contributed by atoms with Crippen molar-refractivity contribution in [3.05, 3.63) is 0 Å². The summed E-state index contributed by atoms with van der Waals surface area (Å²) in [7, 11) is 2.23. The largest absolute Gasteiger partial charge is 0.303 e. The minimum atomic E-state index is -0.138. The van der Waals surface area contributed by atoms with Gasteiger partial charge in [-0.2, -0.15) is 5.26 Å². The van der Waals surface area contributed by atoms with Gasteiger partial charge in [0.25, 0.3) is 0 Å². The molecule has 1 saturated carbocycles. The average Bonchev–Trinajstić information content (AvgIpc) is 3.06. The van der Waals surface area contributed by atoms with Gasteiger partial charge in [-0.1, -0.05) is 6.42 Å². The molecule has 92 valence electrons. The molecule has 1 aliphatic rings. The van der Waals surface area contributed by atoms with E-state index in [-0.39, 0.29) is 5.41 Å². The predicted octanol–water partition coefficient (Wildman–Crippen LogP) is 3.44. The van der Waals surface area contributed by atoms with Crippen molar-refractivity contribution < 1.29 is 0 Å². The highest BCUT2D eigenvalue weighted by molar-refractivity contribution is 4.91. The molecule has 0 aromatic carbocycles. The van der Waals surface area contributed by atoms with E-state index >= 15 is 0 Å². The lowest BCUT2D eigenvalue weighted by Gasteiger charge is -2.25. The molecule has 1 aliphatic carbocycles. The summed E-state index contributed by atoms with van der Waals surface area (Å²) in [6, 6.07) is 3.12. The second kappa shape index (κ2) is 5.68. The quantitative estimate of drug-likeness (QED) is 0.617. The van der Waals surface area contributed by atoms with Crippen LogP contribution in [0.2, 0.25) is 0 Å². The van der Waals surface area contributed by atoms with Crippen molar-refractivity contribution in [2.24, 2.45) is 11.3 Å². The molecule has 2 heteroatoms. The molecule has 0 amide bonds. The van der Waals surface area contributed by atoms with Crippen LogP contribution in [0.15, 0.2) is 0 Å². The first-order valence-electron chi connectivity index (χ1n) is 6.58. The van der Waals surface area contributed by atoms with Crippen molar-refractivity contribution in [1.29, 1.82) is 5.26 Å². The van der Waals surface area contributed by atoms with Crippen LogP contribution in [-0.2, 0) is 0 Å². The van der Waals surface area contributed by atoms with Crippen molar-refractivity contribution in [2.45, 2.75) is 58.9 Å². The summed E-state index contributed by atoms with van der Waals surface area (Å²) in [6.45, 7) is 7.59. The second-order valence-corrected chi connectivity index (χ2v) is 6.01. The van der Waals surface area contributed by atoms with E-state index in [9.17, 15) is 0 Å². The number of rotatable bonds is 7. The molecule has 0 saturated heterocycles. The molecule has 0 aliphatic heterocycles. The minimum absolute atomic E-state index is 0.138. The van der Waals surface area contributed by atoms with E-state index in [0.717, 1.165) is 18.4 Å². The first-order chi connectivity index (χ1) is 7.46. The van der Waals surface area contributed by atoms with Crippen LogP contribution in [-0.4, -0.2) is 24.5 Å². The van der Waals surface area contributed by atoms with Crippen LogP contribution < -0.4 is 0 Å². The molecule has 1 rings (SSSR count). The molecule has 0 N–H and O–H groups in total. The lowest BCUT2D eigenvalue weighted by atomic mass is 9.89. The maximum Gasteiger partial charge on any atom is 0.0683 e. The van der Waals surface area contributed by atoms with Crippen LogP contribution >= 0.6 is 0 Å². The Morgan fingerprint density at radius 2 is 2.00 bits per heavy atom. The molecule has 0 aromatic rings. The molecule has 2 nitrogen and oxygen atoms in total. The molecule has 0 bridgehead atoms. The summed E-state index contributed by atoms with van der Waals surface area (Å²) >= 11 is 0. The Bertz CT molecular complexity index is 248. The van der Waals surface area contributed by atoms with Gasteiger partial charge in [0, 0.05) is 6.04 Å². The van der Waals surface area contributed by atoms with Crippen LogP contribution in [0, 0.1) is 22.7 Å². The van der Waals surface area contributed by atoms with Gasteiger partial charge in [0.15, 0.2) is 0 Å². The molecule has 0 heterocycles. The summed E-state index contributed by atoms with van der Waals surface area (Å²) in [5.41, 5.74) is -0.138. The van der Waals surface area contributed by atoms with E-state index in [1.165, 1.54) is 32.2 Å². The van der Waals surface area contributed by atoms with Gasteiger partial charge < -0.3 is 4.90 Å². The number of hydrogen-bond donors (Lipinski definition) is 0. The first-order valence-corrected chi connectivity index (χ1v) is 6.58. The van der Waals surface area contributed by atoms with Crippen molar-refractivity contribution in [1.82, 2.24) is 4.90 Å². The van der Waals surface area contributed by atoms with Crippen LogP contribution in [0.25, 0.3) is 0 Å². The number of hydrogen-bond acceptors (Lipinski definition) is 2. The zero-order valence-corrected chi connectivity index (χ0v) is 11.3. The summed E-state index contributed by atoms with van der Waals surface area (Å²) in [4.78, 5) is 2.48. The zero-order chi connectivity index (χ0) is 12.2. The molecular weight excluding hydrogens is 196 g/mol. The first kappa shape index (κ1) is 13.5. The van der Waals surface area contributed by atoms with Crippen molar-refractivity contribution in [3.63, 3.8) is 0 Å². The smallest absolute Gasteiger partial charge is 0.0683 e. The van der Waals surface area contributed by atoms with Gasteiger partial charge in [0.1, 0.15) is 0 Å². The topological polar surface area (TPSA) is 27.0 Å². The maximum absolute atomic E-state index is 8.91. The van der Waals surface area contributed by atoms with Crippen LogP contribution in [0.3, 0.4) is 0 Å². The van der Waals surface area contributed by atoms with Crippen molar-refractivity contribution in [3.8, 4) is 6.07 Å². The Morgan fingerprint density at radius 3 is 2.50 bits per heavy atom. The predicted molar refractivity (Wildman–Crippen MR) is 68.1 cm³/mol. The zero-order valence-electron chi connectivity index (χ0n) is 11.3. The molecule has 1 fully saturated rings. The Kier molecular flexibility index (Phi) is 4.80. The van der Waals surface area contributed by atoms with Crippen molar-refractivity contribution >= 4 is 0 Å². The fourth-order valence-corrected chi connectivity index (χ4v) is 2.13. The van der Waals surface area contributed by atoms with Gasteiger partial charge in [0.2, 0.25) is 0 Å². The molecule has 0 radical (unpaired) electrons. The Labute approximate surface area is 101 Å². The highest BCUT2D eigenvalue weighted by atomic mass is 15.1. The average molecular weight is 222 g/mol. The third kappa shape index (κ3) is 4.53. The lowest BCUT2D eigenvalue weighted by molar-refractivity contribution is 0.227. The van der Waals surface area contributed by atoms with E-state index < -0.39 is 0 Å². The summed E-state index contributed by atoms with van der Waals surface area (Å²) in [6.07, 6.45) is 6.26. The second-order valence-electron chi connectivity index (χ2n) is 6.01. The van der Waals surface area contributed by atoms with Gasteiger partial charge in [0.05, 0.1) is 11.5 Å². The van der Waals surface area contributed by atoms with Gasteiger partial charge in [-0.3, -0.25) is 0 Å². The number of nitriles is 1. The highest BCUT2D eigenvalue weighted by Crippen LogP contribution is 2.34. The van der Waals surface area contributed by atoms with Crippen LogP contribution in [0.4, 0.5) is 0 Å². The Balaban J connectivity index is 2.08. The molecule has 1 unspecified atom stereocenters. The standard InChI is InChI=1S/C14H26N2/c1-12(13-7-8-13)16(4)10-6-5-9-14(2,3)11-15/h12-13H,5-10H2,1-4H3. The third-order valence-electron chi connectivity index (χ3n) is 3.86.